The largest absolute Gasteiger partial charge is 0.380 e. The van der Waals surface area contributed by atoms with Crippen LogP contribution in [0.4, 0.5) is 5.69 Å². The summed E-state index contributed by atoms with van der Waals surface area (Å²) in [4.78, 5) is 4.14. The molecule has 0 radical (unpaired) electrons. The molecule has 0 saturated carbocycles. The molecule has 0 bridgehead atoms. The Hall–Kier alpha value is -1.77. The van der Waals surface area contributed by atoms with Gasteiger partial charge in [-0.15, -0.1) is 0 Å². The normalized spacial score (nSPS) is 10.7. The first-order chi connectivity index (χ1) is 9.74. The van der Waals surface area contributed by atoms with Crippen LogP contribution in [-0.2, 0) is 6.54 Å². The predicted octanol–water partition coefficient (Wildman–Crippen LogP) is 5.15. The van der Waals surface area contributed by atoms with Crippen LogP contribution < -0.4 is 5.32 Å². The zero-order chi connectivity index (χ0) is 13.9. The lowest BCUT2D eigenvalue weighted by Crippen LogP contribution is -2.00. The molecule has 0 atom stereocenters. The maximum Gasteiger partial charge on any atom is 0.0652 e. The third-order valence-electron chi connectivity index (χ3n) is 3.17. The quantitative estimate of drug-likeness (QED) is 0.723. The van der Waals surface area contributed by atoms with Crippen LogP contribution >= 0.6 is 23.2 Å². The lowest BCUT2D eigenvalue weighted by molar-refractivity contribution is 1.17. The predicted molar refractivity (Wildman–Crippen MR) is 85.5 cm³/mol. The molecule has 0 unspecified atom stereocenters. The zero-order valence-electron chi connectivity index (χ0n) is 10.6. The Morgan fingerprint density at radius 2 is 1.95 bits per heavy atom. The summed E-state index contributed by atoms with van der Waals surface area (Å²) in [5.74, 6) is 0. The molecule has 100 valence electrons. The van der Waals surface area contributed by atoms with Crippen molar-refractivity contribution in [3.05, 3.63) is 70.5 Å². The number of hydrogen-bond acceptors (Lipinski definition) is 2. The molecule has 1 N–H and O–H groups in total. The Bertz CT molecular complexity index is 751. The van der Waals surface area contributed by atoms with Crippen LogP contribution in [-0.4, -0.2) is 4.98 Å². The second-order valence-electron chi connectivity index (χ2n) is 4.49. The summed E-state index contributed by atoms with van der Waals surface area (Å²) < 4.78 is 0. The van der Waals surface area contributed by atoms with Crippen molar-refractivity contribution in [3.8, 4) is 0 Å². The lowest BCUT2D eigenvalue weighted by Gasteiger charge is -2.10. The van der Waals surface area contributed by atoms with Crippen molar-refractivity contribution in [2.45, 2.75) is 6.54 Å². The van der Waals surface area contributed by atoms with E-state index < -0.39 is 0 Å². The van der Waals surface area contributed by atoms with E-state index in [-0.39, 0.29) is 0 Å². The molecule has 0 aliphatic carbocycles. The molecule has 0 aliphatic heterocycles. The topological polar surface area (TPSA) is 24.9 Å². The van der Waals surface area contributed by atoms with Crippen molar-refractivity contribution in [1.82, 2.24) is 4.98 Å². The molecule has 2 nitrogen and oxygen atoms in total. The van der Waals surface area contributed by atoms with E-state index in [1.165, 1.54) is 10.9 Å². The van der Waals surface area contributed by atoms with Crippen molar-refractivity contribution >= 4 is 39.7 Å². The van der Waals surface area contributed by atoms with Crippen molar-refractivity contribution < 1.29 is 0 Å². The first-order valence-corrected chi connectivity index (χ1v) is 7.00. The van der Waals surface area contributed by atoms with Crippen LogP contribution in [0, 0.1) is 0 Å². The van der Waals surface area contributed by atoms with E-state index >= 15 is 0 Å². The van der Waals surface area contributed by atoms with Gasteiger partial charge in [-0.25, -0.2) is 0 Å². The molecule has 3 aromatic rings. The number of anilines is 1. The van der Waals surface area contributed by atoms with Crippen LogP contribution in [0.15, 0.2) is 54.9 Å². The summed E-state index contributed by atoms with van der Waals surface area (Å²) in [6, 6.07) is 13.7. The van der Waals surface area contributed by atoms with Crippen molar-refractivity contribution in [2.24, 2.45) is 0 Å². The monoisotopic (exact) mass is 302 g/mol. The highest BCUT2D eigenvalue weighted by molar-refractivity contribution is 6.36. The molecule has 2 aromatic carbocycles. The van der Waals surface area contributed by atoms with Crippen molar-refractivity contribution in [1.29, 1.82) is 0 Å². The smallest absolute Gasteiger partial charge is 0.0652 e. The maximum atomic E-state index is 6.16. The number of nitrogens with one attached hydrogen (secondary N) is 1. The van der Waals surface area contributed by atoms with Gasteiger partial charge in [0.2, 0.25) is 0 Å². The van der Waals surface area contributed by atoms with Crippen LogP contribution in [0.25, 0.3) is 10.8 Å². The van der Waals surface area contributed by atoms with Gasteiger partial charge in [0.25, 0.3) is 0 Å². The molecule has 20 heavy (non-hydrogen) atoms. The highest BCUT2D eigenvalue weighted by Crippen LogP contribution is 2.26. The fourth-order valence-corrected chi connectivity index (χ4v) is 2.64. The van der Waals surface area contributed by atoms with Gasteiger partial charge in [0.1, 0.15) is 0 Å². The minimum absolute atomic E-state index is 0.624. The van der Waals surface area contributed by atoms with Gasteiger partial charge in [0, 0.05) is 29.3 Å². The van der Waals surface area contributed by atoms with Gasteiger partial charge < -0.3 is 5.32 Å². The number of hydrogen-bond donors (Lipinski definition) is 1. The number of fused-ring (bicyclic) bond motifs is 1. The fraction of sp³-hybridized carbons (Fsp3) is 0.0625. The van der Waals surface area contributed by atoms with Gasteiger partial charge in [-0.2, -0.15) is 0 Å². The zero-order valence-corrected chi connectivity index (χ0v) is 12.1. The number of rotatable bonds is 3. The van der Waals surface area contributed by atoms with E-state index in [2.05, 4.69) is 22.4 Å². The molecule has 4 heteroatoms. The number of pyridine rings is 1. The summed E-state index contributed by atoms with van der Waals surface area (Å²) in [7, 11) is 0. The summed E-state index contributed by atoms with van der Waals surface area (Å²) >= 11 is 12.1. The molecule has 0 aliphatic rings. The van der Waals surface area contributed by atoms with Crippen LogP contribution in [0.3, 0.4) is 0 Å². The van der Waals surface area contributed by atoms with E-state index in [9.17, 15) is 0 Å². The molecular weight excluding hydrogens is 291 g/mol. The summed E-state index contributed by atoms with van der Waals surface area (Å²) in [5, 5.41) is 6.93. The highest BCUT2D eigenvalue weighted by atomic mass is 35.5. The first kappa shape index (κ1) is 13.2. The number of aromatic nitrogens is 1. The standard InChI is InChI=1S/C16H12Cl2N2/c17-13-4-5-16(15(18)8-13)20-10-12-3-1-2-11-9-19-7-6-14(11)12/h1-9,20H,10H2. The molecule has 1 heterocycles. The van der Waals surface area contributed by atoms with E-state index in [4.69, 9.17) is 23.2 Å². The molecule has 0 saturated heterocycles. The molecule has 0 amide bonds. The Kier molecular flexibility index (Phi) is 3.77. The molecular formula is C16H12Cl2N2. The molecule has 1 aromatic heterocycles. The number of halogens is 2. The number of benzene rings is 2. The first-order valence-electron chi connectivity index (χ1n) is 6.24. The second kappa shape index (κ2) is 5.70. The SMILES string of the molecule is Clc1ccc(NCc2cccc3cnccc23)c(Cl)c1. The Morgan fingerprint density at radius 3 is 2.80 bits per heavy atom. The third-order valence-corrected chi connectivity index (χ3v) is 3.72. The fourth-order valence-electron chi connectivity index (χ4n) is 2.17. The maximum absolute atomic E-state index is 6.16. The van der Waals surface area contributed by atoms with Gasteiger partial charge >= 0.3 is 0 Å². The van der Waals surface area contributed by atoms with E-state index in [1.54, 1.807) is 12.3 Å². The van der Waals surface area contributed by atoms with Crippen LogP contribution in [0.5, 0.6) is 0 Å². The summed E-state index contributed by atoms with van der Waals surface area (Å²) in [6.45, 7) is 0.697. The van der Waals surface area contributed by atoms with Gasteiger partial charge in [-0.1, -0.05) is 41.4 Å². The third kappa shape index (κ3) is 2.72. The van der Waals surface area contributed by atoms with E-state index in [0.29, 0.717) is 16.6 Å². The van der Waals surface area contributed by atoms with Gasteiger partial charge in [-0.3, -0.25) is 4.98 Å². The van der Waals surface area contributed by atoms with Gasteiger partial charge in [-0.05, 0) is 35.2 Å². The van der Waals surface area contributed by atoms with Crippen LogP contribution in [0.1, 0.15) is 5.56 Å². The highest BCUT2D eigenvalue weighted by Gasteiger charge is 2.03. The average molecular weight is 303 g/mol. The lowest BCUT2D eigenvalue weighted by atomic mass is 10.1. The average Bonchev–Trinajstić information content (AvgIpc) is 2.46. The van der Waals surface area contributed by atoms with Crippen LogP contribution in [0.2, 0.25) is 10.0 Å². The number of nitrogens with zero attached hydrogens (tertiary/aromatic N) is 1. The van der Waals surface area contributed by atoms with E-state index in [0.717, 1.165) is 11.1 Å². The van der Waals surface area contributed by atoms with E-state index in [1.807, 2.05) is 30.5 Å². The summed E-state index contributed by atoms with van der Waals surface area (Å²) in [6.07, 6.45) is 3.68. The Balaban J connectivity index is 1.87. The van der Waals surface area contributed by atoms with Gasteiger partial charge in [0.05, 0.1) is 10.7 Å². The summed E-state index contributed by atoms with van der Waals surface area (Å²) in [5.41, 5.74) is 2.08. The minimum atomic E-state index is 0.624. The minimum Gasteiger partial charge on any atom is -0.380 e. The molecule has 0 spiro atoms. The molecule has 0 fully saturated rings. The van der Waals surface area contributed by atoms with Crippen molar-refractivity contribution in [2.75, 3.05) is 5.32 Å². The Labute approximate surface area is 127 Å². The van der Waals surface area contributed by atoms with Gasteiger partial charge in [0.15, 0.2) is 0 Å². The van der Waals surface area contributed by atoms with Crippen molar-refractivity contribution in [3.63, 3.8) is 0 Å². The molecule has 3 rings (SSSR count). The Morgan fingerprint density at radius 1 is 1.05 bits per heavy atom. The second-order valence-corrected chi connectivity index (χ2v) is 5.34.